The van der Waals surface area contributed by atoms with E-state index in [1.807, 2.05) is 26.0 Å². The van der Waals surface area contributed by atoms with Gasteiger partial charge in [0.25, 0.3) is 0 Å². The third-order valence-corrected chi connectivity index (χ3v) is 6.17. The van der Waals surface area contributed by atoms with Crippen molar-refractivity contribution in [2.24, 2.45) is 5.92 Å². The third kappa shape index (κ3) is 4.17. The average Bonchev–Trinajstić information content (AvgIpc) is 2.88. The zero-order chi connectivity index (χ0) is 20.2. The zero-order valence-electron chi connectivity index (χ0n) is 17.3. The van der Waals surface area contributed by atoms with Gasteiger partial charge in [-0.25, -0.2) is 0 Å². The summed E-state index contributed by atoms with van der Waals surface area (Å²) in [7, 11) is -0.375. The van der Waals surface area contributed by atoms with Crippen LogP contribution in [-0.4, -0.2) is 41.6 Å². The summed E-state index contributed by atoms with van der Waals surface area (Å²) < 4.78 is 5.49. The topological polar surface area (TPSA) is 45.6 Å². The molecule has 1 aliphatic carbocycles. The van der Waals surface area contributed by atoms with Crippen molar-refractivity contribution < 1.29 is 9.76 Å². The minimum absolute atomic E-state index is 0.257. The first-order valence-electron chi connectivity index (χ1n) is 10.6. The van der Waals surface area contributed by atoms with Crippen LogP contribution in [0.1, 0.15) is 48.1 Å². The van der Waals surface area contributed by atoms with Crippen molar-refractivity contribution in [3.63, 3.8) is 0 Å². The van der Waals surface area contributed by atoms with Gasteiger partial charge in [0.2, 0.25) is 0 Å². The summed E-state index contributed by atoms with van der Waals surface area (Å²) in [6.45, 7) is 6.36. The maximum absolute atomic E-state index is 9.96. The Bertz CT molecular complexity index is 901. The van der Waals surface area contributed by atoms with Crippen molar-refractivity contribution in [3.8, 4) is 0 Å². The molecule has 0 saturated carbocycles. The second-order valence-corrected chi connectivity index (χ2v) is 7.91. The molecule has 2 heterocycles. The largest absolute Gasteiger partial charge is 0.501 e. The molecule has 0 amide bonds. The van der Waals surface area contributed by atoms with Gasteiger partial charge in [-0.05, 0) is 86.1 Å². The molecule has 5 heteroatoms. The molecule has 1 unspecified atom stereocenters. The highest BCUT2D eigenvalue weighted by Crippen LogP contribution is 2.44. The number of fused-ring (bicyclic) bond motifs is 2. The van der Waals surface area contributed by atoms with Crippen molar-refractivity contribution in [1.29, 1.82) is 0 Å². The Kier molecular flexibility index (Phi) is 6.17. The predicted molar refractivity (Wildman–Crippen MR) is 119 cm³/mol. The Hall–Kier alpha value is -2.37. The molecule has 2 aliphatic rings. The lowest BCUT2D eigenvalue weighted by molar-refractivity contribution is 0.235. The maximum atomic E-state index is 9.96. The molecule has 0 radical (unpaired) electrons. The van der Waals surface area contributed by atoms with Crippen LogP contribution >= 0.6 is 0 Å². The molecule has 0 spiro atoms. The predicted octanol–water partition coefficient (Wildman–Crippen LogP) is 4.44. The van der Waals surface area contributed by atoms with E-state index in [2.05, 4.69) is 47.3 Å². The number of hydrogen-bond donors (Lipinski definition) is 1. The highest BCUT2D eigenvalue weighted by atomic mass is 16.5. The van der Waals surface area contributed by atoms with Crippen molar-refractivity contribution in [2.45, 2.75) is 32.5 Å². The van der Waals surface area contributed by atoms with Gasteiger partial charge in [-0.15, -0.1) is 0 Å². The van der Waals surface area contributed by atoms with Gasteiger partial charge in [-0.3, -0.25) is 4.98 Å². The van der Waals surface area contributed by atoms with Crippen LogP contribution in [0.25, 0.3) is 11.6 Å². The molecule has 0 bridgehead atoms. The van der Waals surface area contributed by atoms with Gasteiger partial charge in [0.05, 0.1) is 18.6 Å². The van der Waals surface area contributed by atoms with Gasteiger partial charge in [0, 0.05) is 12.1 Å². The van der Waals surface area contributed by atoms with Gasteiger partial charge in [-0.1, -0.05) is 30.3 Å². The van der Waals surface area contributed by atoms with Gasteiger partial charge >= 0.3 is 7.05 Å². The Balaban J connectivity index is 1.77. The van der Waals surface area contributed by atoms with Crippen LogP contribution in [0.5, 0.6) is 0 Å². The molecule has 1 aromatic carbocycles. The Labute approximate surface area is 174 Å². The highest BCUT2D eigenvalue weighted by Gasteiger charge is 2.34. The number of nitrogens with zero attached hydrogens (tertiary/aromatic N) is 2. The lowest BCUT2D eigenvalue weighted by Crippen LogP contribution is -2.44. The number of rotatable bonds is 5. The first-order valence-corrected chi connectivity index (χ1v) is 10.6. The van der Waals surface area contributed by atoms with E-state index in [0.717, 1.165) is 37.2 Å². The van der Waals surface area contributed by atoms with E-state index in [1.54, 1.807) is 6.26 Å². The van der Waals surface area contributed by atoms with E-state index in [1.165, 1.54) is 16.7 Å². The van der Waals surface area contributed by atoms with Crippen LogP contribution in [0.4, 0.5) is 0 Å². The molecule has 1 fully saturated rings. The van der Waals surface area contributed by atoms with Gasteiger partial charge in [0.15, 0.2) is 0 Å². The number of hydrogen-bond acceptors (Lipinski definition) is 4. The summed E-state index contributed by atoms with van der Waals surface area (Å²) in [6, 6.07) is 12.9. The normalized spacial score (nSPS) is 20.0. The maximum Gasteiger partial charge on any atom is 0.376 e. The zero-order valence-corrected chi connectivity index (χ0v) is 17.3. The van der Waals surface area contributed by atoms with Crippen LogP contribution in [0.3, 0.4) is 0 Å². The van der Waals surface area contributed by atoms with Crippen LogP contribution in [0.15, 0.2) is 54.9 Å². The summed E-state index contributed by atoms with van der Waals surface area (Å²) in [6.07, 6.45) is 10.1. The van der Waals surface area contributed by atoms with Crippen molar-refractivity contribution >= 4 is 18.7 Å². The van der Waals surface area contributed by atoms with Crippen LogP contribution in [0.2, 0.25) is 6.82 Å². The Morgan fingerprint density at radius 2 is 2.00 bits per heavy atom. The van der Waals surface area contributed by atoms with Crippen LogP contribution < -0.4 is 0 Å². The SMILES string of the molecule is CCO/C=C/C1=Cc2cccnc2C(C2CCN(B(C)O)CC2)c2ccccc21. The fourth-order valence-electron chi connectivity index (χ4n) is 4.69. The summed E-state index contributed by atoms with van der Waals surface area (Å²) in [5, 5.41) is 9.96. The van der Waals surface area contributed by atoms with E-state index < -0.39 is 0 Å². The number of piperidine rings is 1. The molecular weight excluding hydrogens is 359 g/mol. The Morgan fingerprint density at radius 1 is 1.21 bits per heavy atom. The second-order valence-electron chi connectivity index (χ2n) is 7.91. The lowest BCUT2D eigenvalue weighted by atomic mass is 9.73. The molecule has 4 rings (SSSR count). The van der Waals surface area contributed by atoms with Gasteiger partial charge in [-0.2, -0.15) is 0 Å². The number of aromatic nitrogens is 1. The summed E-state index contributed by atoms with van der Waals surface area (Å²) in [5.74, 6) is 0.760. The molecule has 150 valence electrons. The number of allylic oxidation sites excluding steroid dienone is 2. The molecule has 1 atom stereocenters. The number of benzene rings is 1. The minimum atomic E-state index is -0.375. The van der Waals surface area contributed by atoms with E-state index in [4.69, 9.17) is 9.72 Å². The molecule has 1 saturated heterocycles. The van der Waals surface area contributed by atoms with Crippen molar-refractivity contribution in [1.82, 2.24) is 9.79 Å². The summed E-state index contributed by atoms with van der Waals surface area (Å²) >= 11 is 0. The van der Waals surface area contributed by atoms with E-state index in [9.17, 15) is 5.02 Å². The molecule has 2 aromatic rings. The van der Waals surface area contributed by atoms with Crippen molar-refractivity contribution in [2.75, 3.05) is 19.7 Å². The minimum Gasteiger partial charge on any atom is -0.501 e. The molecule has 4 nitrogen and oxygen atoms in total. The number of ether oxygens (including phenoxy) is 1. The fourth-order valence-corrected chi connectivity index (χ4v) is 4.69. The van der Waals surface area contributed by atoms with Gasteiger partial charge in [0.1, 0.15) is 0 Å². The third-order valence-electron chi connectivity index (χ3n) is 6.17. The smallest absolute Gasteiger partial charge is 0.376 e. The van der Waals surface area contributed by atoms with E-state index >= 15 is 0 Å². The number of pyridine rings is 1. The quantitative estimate of drug-likeness (QED) is 0.608. The van der Waals surface area contributed by atoms with E-state index in [0.29, 0.717) is 12.5 Å². The van der Waals surface area contributed by atoms with E-state index in [-0.39, 0.29) is 13.0 Å². The monoisotopic (exact) mass is 388 g/mol. The van der Waals surface area contributed by atoms with Crippen molar-refractivity contribution in [3.05, 3.63) is 77.3 Å². The molecular formula is C24H29BN2O2. The standard InChI is InChI=1S/C24H29BN2O2/c1-3-29-16-12-19-17-20-7-6-13-26-24(20)23(22-9-5-4-8-21(19)22)18-10-14-27(15-11-18)25(2)28/h4-9,12-13,16-18,23,28H,3,10-11,14-15H2,1-2H3/b16-12+. The summed E-state index contributed by atoms with van der Waals surface area (Å²) in [4.78, 5) is 7.02. The van der Waals surface area contributed by atoms with Gasteiger partial charge < -0.3 is 14.6 Å². The summed E-state index contributed by atoms with van der Waals surface area (Å²) in [5.41, 5.74) is 6.10. The molecule has 1 aliphatic heterocycles. The lowest BCUT2D eigenvalue weighted by Gasteiger charge is -2.37. The van der Waals surface area contributed by atoms with Crippen LogP contribution in [-0.2, 0) is 4.74 Å². The average molecular weight is 388 g/mol. The van der Waals surface area contributed by atoms with Crippen LogP contribution in [0, 0.1) is 5.92 Å². The molecule has 29 heavy (non-hydrogen) atoms. The first-order chi connectivity index (χ1) is 14.2. The fraction of sp³-hybridized carbons (Fsp3) is 0.375. The first kappa shape index (κ1) is 19.9. The highest BCUT2D eigenvalue weighted by molar-refractivity contribution is 6.45. The Morgan fingerprint density at radius 3 is 2.76 bits per heavy atom. The second kappa shape index (κ2) is 8.97. The molecule has 1 aromatic heterocycles. The molecule has 1 N–H and O–H groups in total.